The molecule has 1 rings (SSSR count). The van der Waals surface area contributed by atoms with Crippen LogP contribution < -0.4 is 10.6 Å². The van der Waals surface area contributed by atoms with E-state index in [1.807, 2.05) is 0 Å². The first-order chi connectivity index (χ1) is 7.90. The molecular weight excluding hydrogens is 295 g/mol. The van der Waals surface area contributed by atoms with E-state index in [2.05, 4.69) is 26.6 Å². The highest BCUT2D eigenvalue weighted by Crippen LogP contribution is 2.19. The van der Waals surface area contributed by atoms with E-state index in [0.717, 1.165) is 6.07 Å². The normalized spacial score (nSPS) is 11.7. The molecule has 1 unspecified atom stereocenters. The fraction of sp³-hybridized carbons (Fsp3) is 0.200. The first kappa shape index (κ1) is 13.4. The van der Waals surface area contributed by atoms with Gasteiger partial charge in [0.15, 0.2) is 0 Å². The first-order valence-electron chi connectivity index (χ1n) is 4.65. The zero-order chi connectivity index (χ0) is 13.0. The maximum atomic E-state index is 13.1. The van der Waals surface area contributed by atoms with Crippen LogP contribution in [0.4, 0.5) is 14.9 Å². The molecule has 0 aliphatic heterocycles. The molecular formula is C10H10BrFN2O3. The third-order valence-electron chi connectivity index (χ3n) is 1.90. The molecule has 0 spiro atoms. The number of halogens is 2. The van der Waals surface area contributed by atoms with Gasteiger partial charge >= 0.3 is 12.0 Å². The molecule has 1 atom stereocenters. The Labute approximate surface area is 105 Å². The van der Waals surface area contributed by atoms with Crippen molar-refractivity contribution in [3.63, 3.8) is 0 Å². The number of hydrogen-bond donors (Lipinski definition) is 3. The lowest BCUT2D eigenvalue weighted by molar-refractivity contribution is -0.138. The number of urea groups is 1. The summed E-state index contributed by atoms with van der Waals surface area (Å²) in [5.74, 6) is -1.67. The Morgan fingerprint density at radius 2 is 2.12 bits per heavy atom. The van der Waals surface area contributed by atoms with Crippen LogP contribution in [0.15, 0.2) is 22.7 Å². The van der Waals surface area contributed by atoms with Gasteiger partial charge < -0.3 is 15.7 Å². The Kier molecular flexibility index (Phi) is 4.45. The minimum absolute atomic E-state index is 0.237. The van der Waals surface area contributed by atoms with Gasteiger partial charge in [-0.05, 0) is 41.1 Å². The Bertz CT molecular complexity index is 453. The molecule has 0 fully saturated rings. The molecule has 0 radical (unpaired) electrons. The van der Waals surface area contributed by atoms with E-state index in [1.54, 1.807) is 0 Å². The smallest absolute Gasteiger partial charge is 0.325 e. The van der Waals surface area contributed by atoms with E-state index < -0.39 is 23.9 Å². The van der Waals surface area contributed by atoms with Crippen molar-refractivity contribution in [2.45, 2.75) is 13.0 Å². The maximum Gasteiger partial charge on any atom is 0.325 e. The lowest BCUT2D eigenvalue weighted by Crippen LogP contribution is -2.40. The van der Waals surface area contributed by atoms with Crippen molar-refractivity contribution in [1.29, 1.82) is 0 Å². The number of hydrogen-bond acceptors (Lipinski definition) is 2. The Hall–Kier alpha value is -1.63. The number of carboxylic acids is 1. The van der Waals surface area contributed by atoms with Gasteiger partial charge in [0, 0.05) is 5.69 Å². The summed E-state index contributed by atoms with van der Waals surface area (Å²) in [5, 5.41) is 13.1. The van der Waals surface area contributed by atoms with Crippen LogP contribution in [-0.2, 0) is 4.79 Å². The maximum absolute atomic E-state index is 13.1. The molecule has 92 valence electrons. The first-order valence-corrected chi connectivity index (χ1v) is 5.45. The van der Waals surface area contributed by atoms with Crippen molar-refractivity contribution in [2.24, 2.45) is 0 Å². The summed E-state index contributed by atoms with van der Waals surface area (Å²) in [6.45, 7) is 1.32. The third kappa shape index (κ3) is 4.03. The van der Waals surface area contributed by atoms with E-state index in [9.17, 15) is 14.0 Å². The summed E-state index contributed by atoms with van der Waals surface area (Å²) in [7, 11) is 0. The fourth-order valence-electron chi connectivity index (χ4n) is 0.999. The Morgan fingerprint density at radius 3 is 2.65 bits per heavy atom. The number of rotatable bonds is 3. The van der Waals surface area contributed by atoms with E-state index >= 15 is 0 Å². The molecule has 0 bridgehead atoms. The molecule has 3 N–H and O–H groups in total. The van der Waals surface area contributed by atoms with Gasteiger partial charge in [0.25, 0.3) is 0 Å². The molecule has 0 heterocycles. The SMILES string of the molecule is CC(NC(=O)Nc1ccc(Br)c(F)c1)C(=O)O. The van der Waals surface area contributed by atoms with Crippen molar-refractivity contribution in [3.05, 3.63) is 28.5 Å². The van der Waals surface area contributed by atoms with E-state index in [1.165, 1.54) is 19.1 Å². The number of carbonyl (C=O) groups excluding carboxylic acids is 1. The lowest BCUT2D eigenvalue weighted by Gasteiger charge is -2.10. The monoisotopic (exact) mass is 304 g/mol. The number of carbonyl (C=O) groups is 2. The number of carboxylic acid groups (broad SMARTS) is 1. The summed E-state index contributed by atoms with van der Waals surface area (Å²) in [5.41, 5.74) is 0.237. The highest BCUT2D eigenvalue weighted by atomic mass is 79.9. The van der Waals surface area contributed by atoms with Crippen molar-refractivity contribution in [1.82, 2.24) is 5.32 Å². The average molecular weight is 305 g/mol. The number of amides is 2. The zero-order valence-corrected chi connectivity index (χ0v) is 10.4. The van der Waals surface area contributed by atoms with Gasteiger partial charge in [0.05, 0.1) is 4.47 Å². The van der Waals surface area contributed by atoms with E-state index in [4.69, 9.17) is 5.11 Å². The van der Waals surface area contributed by atoms with Gasteiger partial charge in [-0.2, -0.15) is 0 Å². The van der Waals surface area contributed by atoms with Crippen LogP contribution in [0.3, 0.4) is 0 Å². The van der Waals surface area contributed by atoms with E-state index in [-0.39, 0.29) is 10.2 Å². The van der Waals surface area contributed by atoms with E-state index in [0.29, 0.717) is 0 Å². The van der Waals surface area contributed by atoms with Crippen LogP contribution in [0.5, 0.6) is 0 Å². The lowest BCUT2D eigenvalue weighted by atomic mass is 10.3. The summed E-state index contributed by atoms with van der Waals surface area (Å²) >= 11 is 2.97. The van der Waals surface area contributed by atoms with Gasteiger partial charge in [-0.1, -0.05) is 0 Å². The van der Waals surface area contributed by atoms with Crippen LogP contribution in [0.25, 0.3) is 0 Å². The van der Waals surface area contributed by atoms with Gasteiger partial charge in [0.2, 0.25) is 0 Å². The summed E-state index contributed by atoms with van der Waals surface area (Å²) in [6.07, 6.45) is 0. The largest absolute Gasteiger partial charge is 0.480 e. The quantitative estimate of drug-likeness (QED) is 0.801. The molecule has 0 aromatic heterocycles. The van der Waals surface area contributed by atoms with Crippen LogP contribution in [-0.4, -0.2) is 23.1 Å². The zero-order valence-electron chi connectivity index (χ0n) is 8.83. The third-order valence-corrected chi connectivity index (χ3v) is 2.54. The topological polar surface area (TPSA) is 78.4 Å². The number of aliphatic carboxylic acids is 1. The van der Waals surface area contributed by atoms with Crippen LogP contribution in [0.1, 0.15) is 6.92 Å². The van der Waals surface area contributed by atoms with Crippen molar-refractivity contribution in [3.8, 4) is 0 Å². The highest BCUT2D eigenvalue weighted by Gasteiger charge is 2.13. The van der Waals surface area contributed by atoms with Gasteiger partial charge in [-0.25, -0.2) is 9.18 Å². The molecule has 0 aliphatic carbocycles. The van der Waals surface area contributed by atoms with Gasteiger partial charge in [-0.15, -0.1) is 0 Å². The molecule has 0 aliphatic rings. The standard InChI is InChI=1S/C10H10BrFN2O3/c1-5(9(15)16)13-10(17)14-6-2-3-7(11)8(12)4-6/h2-5H,1H3,(H,15,16)(H2,13,14,17). The van der Waals surface area contributed by atoms with Gasteiger partial charge in [0.1, 0.15) is 11.9 Å². The second-order valence-corrected chi connectivity index (χ2v) is 4.14. The number of benzene rings is 1. The second kappa shape index (κ2) is 5.62. The molecule has 0 saturated heterocycles. The van der Waals surface area contributed by atoms with Crippen molar-refractivity contribution < 1.29 is 19.1 Å². The van der Waals surface area contributed by atoms with Crippen molar-refractivity contribution in [2.75, 3.05) is 5.32 Å². The molecule has 17 heavy (non-hydrogen) atoms. The highest BCUT2D eigenvalue weighted by molar-refractivity contribution is 9.10. The molecule has 5 nitrogen and oxygen atoms in total. The molecule has 2 amide bonds. The minimum Gasteiger partial charge on any atom is -0.480 e. The number of nitrogens with one attached hydrogen (secondary N) is 2. The minimum atomic E-state index is -1.15. The predicted octanol–water partition coefficient (Wildman–Crippen LogP) is 2.18. The Balaban J connectivity index is 2.62. The number of anilines is 1. The van der Waals surface area contributed by atoms with Crippen LogP contribution in [0, 0.1) is 5.82 Å². The fourth-order valence-corrected chi connectivity index (χ4v) is 1.25. The summed E-state index contributed by atoms with van der Waals surface area (Å²) in [6, 6.07) is 2.32. The predicted molar refractivity (Wildman–Crippen MR) is 63.4 cm³/mol. The van der Waals surface area contributed by atoms with Gasteiger partial charge in [-0.3, -0.25) is 4.79 Å². The molecule has 1 aromatic carbocycles. The molecule has 7 heteroatoms. The summed E-state index contributed by atoms with van der Waals surface area (Å²) < 4.78 is 13.4. The van der Waals surface area contributed by atoms with Crippen LogP contribution >= 0.6 is 15.9 Å². The van der Waals surface area contributed by atoms with Crippen molar-refractivity contribution >= 4 is 33.6 Å². The molecule has 1 aromatic rings. The summed E-state index contributed by atoms with van der Waals surface area (Å²) in [4.78, 5) is 21.8. The molecule has 0 saturated carbocycles. The average Bonchev–Trinajstić information content (AvgIpc) is 2.23. The van der Waals surface area contributed by atoms with Crippen LogP contribution in [0.2, 0.25) is 0 Å². The Morgan fingerprint density at radius 1 is 1.47 bits per heavy atom. The second-order valence-electron chi connectivity index (χ2n) is 3.29.